The number of halogens is 1. The number of rotatable bonds is 6. The Labute approximate surface area is 165 Å². The quantitative estimate of drug-likeness (QED) is 0.458. The molecule has 0 amide bonds. The van der Waals surface area contributed by atoms with E-state index in [-0.39, 0.29) is 6.61 Å². The number of benzene rings is 2. The van der Waals surface area contributed by atoms with Gasteiger partial charge in [0.15, 0.2) is 11.5 Å². The Bertz CT molecular complexity index is 1050. The molecule has 1 N–H and O–H groups in total. The molecule has 0 atom stereocenters. The van der Waals surface area contributed by atoms with Crippen molar-refractivity contribution >= 4 is 38.6 Å². The number of aromatic amines is 1. The highest BCUT2D eigenvalue weighted by Crippen LogP contribution is 2.37. The summed E-state index contributed by atoms with van der Waals surface area (Å²) in [6.07, 6.45) is 7.02. The van der Waals surface area contributed by atoms with E-state index in [1.165, 1.54) is 0 Å². The van der Waals surface area contributed by atoms with Gasteiger partial charge in [-0.3, -0.25) is 0 Å². The molecule has 0 aliphatic carbocycles. The fraction of sp³-hybridized carbons (Fsp3) is 0.143. The van der Waals surface area contributed by atoms with Gasteiger partial charge < -0.3 is 14.5 Å². The van der Waals surface area contributed by atoms with Gasteiger partial charge >= 0.3 is 0 Å². The van der Waals surface area contributed by atoms with E-state index in [9.17, 15) is 5.26 Å². The fourth-order valence-corrected chi connectivity index (χ4v) is 3.16. The minimum absolute atomic E-state index is 0.135. The molecule has 2 aromatic carbocycles. The van der Waals surface area contributed by atoms with E-state index in [2.05, 4.69) is 37.9 Å². The van der Waals surface area contributed by atoms with Gasteiger partial charge in [0.1, 0.15) is 18.5 Å². The van der Waals surface area contributed by atoms with Crippen LogP contribution in [0.4, 0.5) is 0 Å². The van der Waals surface area contributed by atoms with E-state index in [1.807, 2.05) is 37.3 Å². The van der Waals surface area contributed by atoms with Gasteiger partial charge in [-0.1, -0.05) is 18.1 Å². The zero-order chi connectivity index (χ0) is 19.2. The highest BCUT2D eigenvalue weighted by Gasteiger charge is 2.13. The topological polar surface area (TPSA) is 70.9 Å². The second-order valence-corrected chi connectivity index (χ2v) is 6.38. The first-order chi connectivity index (χ1) is 13.2. The van der Waals surface area contributed by atoms with E-state index in [4.69, 9.17) is 15.9 Å². The number of hydrogen-bond acceptors (Lipinski definition) is 4. The van der Waals surface area contributed by atoms with Crippen LogP contribution in [0.5, 0.6) is 11.5 Å². The summed E-state index contributed by atoms with van der Waals surface area (Å²) in [4.78, 5) is 7.65. The Balaban J connectivity index is 2.03. The van der Waals surface area contributed by atoms with Gasteiger partial charge in [0.05, 0.1) is 27.7 Å². The third-order valence-corrected chi connectivity index (χ3v) is 4.30. The van der Waals surface area contributed by atoms with Crippen LogP contribution in [0.25, 0.3) is 22.7 Å². The highest BCUT2D eigenvalue weighted by molar-refractivity contribution is 9.10. The van der Waals surface area contributed by atoms with Crippen LogP contribution in [0.15, 0.2) is 40.9 Å². The summed E-state index contributed by atoms with van der Waals surface area (Å²) in [6, 6.07) is 13.5. The minimum atomic E-state index is 0.135. The maximum absolute atomic E-state index is 9.61. The molecule has 0 saturated heterocycles. The van der Waals surface area contributed by atoms with Crippen molar-refractivity contribution < 1.29 is 9.47 Å². The molecule has 0 radical (unpaired) electrons. The van der Waals surface area contributed by atoms with Crippen molar-refractivity contribution in [3.05, 3.63) is 52.3 Å². The van der Waals surface area contributed by atoms with Crippen LogP contribution < -0.4 is 9.47 Å². The van der Waals surface area contributed by atoms with Crippen LogP contribution in [0.2, 0.25) is 0 Å². The molecular formula is C21H16BrN3O2. The van der Waals surface area contributed by atoms with Crippen LogP contribution in [0, 0.1) is 23.7 Å². The molecular weight excluding hydrogens is 406 g/mol. The number of nitriles is 1. The number of terminal acetylenes is 1. The van der Waals surface area contributed by atoms with Crippen molar-refractivity contribution in [1.82, 2.24) is 9.97 Å². The van der Waals surface area contributed by atoms with Crippen LogP contribution in [0.1, 0.15) is 18.3 Å². The van der Waals surface area contributed by atoms with Gasteiger partial charge in [0.2, 0.25) is 0 Å². The Kier molecular flexibility index (Phi) is 5.80. The SMILES string of the molecule is C#CCOc1c(Br)cc(/C=C(\C#N)c2nc3ccccc3[nH]2)cc1OCC. The van der Waals surface area contributed by atoms with E-state index >= 15 is 0 Å². The average molecular weight is 422 g/mol. The highest BCUT2D eigenvalue weighted by atomic mass is 79.9. The predicted octanol–water partition coefficient (Wildman–Crippen LogP) is 4.80. The number of para-hydroxylation sites is 2. The third-order valence-electron chi connectivity index (χ3n) is 3.71. The van der Waals surface area contributed by atoms with Crippen molar-refractivity contribution in [2.75, 3.05) is 13.2 Å². The molecule has 6 heteroatoms. The van der Waals surface area contributed by atoms with E-state index < -0.39 is 0 Å². The summed E-state index contributed by atoms with van der Waals surface area (Å²) in [5, 5.41) is 9.61. The van der Waals surface area contributed by atoms with E-state index in [0.717, 1.165) is 16.6 Å². The lowest BCUT2D eigenvalue weighted by Crippen LogP contribution is -2.00. The van der Waals surface area contributed by atoms with Gasteiger partial charge in [0, 0.05) is 0 Å². The van der Waals surface area contributed by atoms with Gasteiger partial charge in [-0.05, 0) is 58.8 Å². The number of ether oxygens (including phenoxy) is 2. The van der Waals surface area contributed by atoms with Crippen molar-refractivity contribution in [2.24, 2.45) is 0 Å². The lowest BCUT2D eigenvalue weighted by atomic mass is 10.1. The molecule has 0 unspecified atom stereocenters. The Morgan fingerprint density at radius 2 is 2.15 bits per heavy atom. The molecule has 3 rings (SSSR count). The van der Waals surface area contributed by atoms with Crippen LogP contribution in [-0.2, 0) is 0 Å². The first-order valence-electron chi connectivity index (χ1n) is 8.25. The molecule has 134 valence electrons. The molecule has 0 aliphatic rings. The molecule has 0 fully saturated rings. The number of aromatic nitrogens is 2. The smallest absolute Gasteiger partial charge is 0.176 e. The number of allylic oxidation sites excluding steroid dienone is 1. The van der Waals surface area contributed by atoms with Gasteiger partial charge in [-0.25, -0.2) is 4.98 Å². The van der Waals surface area contributed by atoms with Crippen molar-refractivity contribution in [1.29, 1.82) is 5.26 Å². The molecule has 0 bridgehead atoms. The second kappa shape index (κ2) is 8.44. The molecule has 0 spiro atoms. The number of H-pyrrole nitrogens is 1. The summed E-state index contributed by atoms with van der Waals surface area (Å²) in [5.41, 5.74) is 2.87. The number of nitrogens with one attached hydrogen (secondary N) is 1. The molecule has 0 saturated carbocycles. The molecule has 27 heavy (non-hydrogen) atoms. The molecule has 5 nitrogen and oxygen atoms in total. The summed E-state index contributed by atoms with van der Waals surface area (Å²) in [5.74, 6) is 4.04. The summed E-state index contributed by atoms with van der Waals surface area (Å²) in [7, 11) is 0. The second-order valence-electron chi connectivity index (χ2n) is 5.53. The predicted molar refractivity (Wildman–Crippen MR) is 109 cm³/mol. The van der Waals surface area contributed by atoms with Gasteiger partial charge in [0.25, 0.3) is 0 Å². The number of hydrogen-bond donors (Lipinski definition) is 1. The Hall–Kier alpha value is -3.22. The van der Waals surface area contributed by atoms with Crippen LogP contribution >= 0.6 is 15.9 Å². The van der Waals surface area contributed by atoms with Gasteiger partial charge in [-0.15, -0.1) is 6.42 Å². The first kappa shape index (κ1) is 18.6. The Morgan fingerprint density at radius 3 is 2.85 bits per heavy atom. The van der Waals surface area contributed by atoms with Crippen LogP contribution in [0.3, 0.4) is 0 Å². The minimum Gasteiger partial charge on any atom is -0.490 e. The van der Waals surface area contributed by atoms with E-state index in [1.54, 1.807) is 12.1 Å². The monoisotopic (exact) mass is 421 g/mol. The molecule has 0 aliphatic heterocycles. The standard InChI is InChI=1S/C21H16BrN3O2/c1-3-9-27-20-16(22)11-14(12-19(20)26-4-2)10-15(13-23)21-24-17-7-5-6-8-18(17)25-21/h1,5-8,10-12H,4,9H2,2H3,(H,24,25)/b15-10+. The maximum atomic E-state index is 9.61. The molecule has 3 aromatic rings. The zero-order valence-electron chi connectivity index (χ0n) is 14.6. The normalized spacial score (nSPS) is 11.0. The van der Waals surface area contributed by atoms with E-state index in [0.29, 0.717) is 34.0 Å². The summed E-state index contributed by atoms with van der Waals surface area (Å²) < 4.78 is 11.9. The van der Waals surface area contributed by atoms with Crippen molar-refractivity contribution in [3.63, 3.8) is 0 Å². The van der Waals surface area contributed by atoms with Crippen molar-refractivity contribution in [2.45, 2.75) is 6.92 Å². The maximum Gasteiger partial charge on any atom is 0.176 e. The van der Waals surface area contributed by atoms with Gasteiger partial charge in [-0.2, -0.15) is 5.26 Å². The molecule has 1 aromatic heterocycles. The lowest BCUT2D eigenvalue weighted by molar-refractivity contribution is 0.298. The average Bonchev–Trinajstić information content (AvgIpc) is 3.09. The third kappa shape index (κ3) is 4.13. The summed E-state index contributed by atoms with van der Waals surface area (Å²) in [6.45, 7) is 2.49. The summed E-state index contributed by atoms with van der Waals surface area (Å²) >= 11 is 3.49. The van der Waals surface area contributed by atoms with Crippen LogP contribution in [-0.4, -0.2) is 23.2 Å². The molecule has 1 heterocycles. The first-order valence-corrected chi connectivity index (χ1v) is 9.05. The largest absolute Gasteiger partial charge is 0.490 e. The zero-order valence-corrected chi connectivity index (χ0v) is 16.2. The number of imidazole rings is 1. The number of nitrogens with zero attached hydrogens (tertiary/aromatic N) is 2. The van der Waals surface area contributed by atoms with Crippen molar-refractivity contribution in [3.8, 4) is 29.9 Å². The fourth-order valence-electron chi connectivity index (χ4n) is 2.59. The Morgan fingerprint density at radius 1 is 1.33 bits per heavy atom. The number of fused-ring (bicyclic) bond motifs is 1. The lowest BCUT2D eigenvalue weighted by Gasteiger charge is -2.13.